The fraction of sp³-hybridized carbons (Fsp3) is 0.900. The van der Waals surface area contributed by atoms with E-state index in [0.29, 0.717) is 13.0 Å². The van der Waals surface area contributed by atoms with Gasteiger partial charge in [-0.25, -0.2) is 21.5 Å². The Morgan fingerprint density at radius 3 is 2.74 bits per heavy atom. The number of carbonyl (C=O) groups is 1. The third-order valence-corrected chi connectivity index (χ3v) is 5.25. The van der Waals surface area contributed by atoms with E-state index in [-0.39, 0.29) is 18.8 Å². The second-order valence-corrected chi connectivity index (χ2v) is 6.94. The summed E-state index contributed by atoms with van der Waals surface area (Å²) >= 11 is 0. The van der Waals surface area contributed by atoms with Crippen molar-refractivity contribution in [3.05, 3.63) is 0 Å². The zero-order valence-electron chi connectivity index (χ0n) is 10.4. The molecule has 0 aliphatic carbocycles. The Kier molecular flexibility index (Phi) is 4.07. The number of amides is 1. The molecule has 2 saturated heterocycles. The van der Waals surface area contributed by atoms with Crippen molar-refractivity contribution in [1.82, 2.24) is 14.9 Å². The van der Waals surface area contributed by atoms with Crippen molar-refractivity contribution in [2.24, 2.45) is 0 Å². The van der Waals surface area contributed by atoms with Gasteiger partial charge >= 0.3 is 0 Å². The zero-order valence-corrected chi connectivity index (χ0v) is 11.2. The molecule has 0 bridgehead atoms. The van der Waals surface area contributed by atoms with Crippen molar-refractivity contribution < 1.29 is 22.0 Å². The van der Waals surface area contributed by atoms with E-state index in [2.05, 4.69) is 10.6 Å². The predicted molar refractivity (Wildman–Crippen MR) is 64.3 cm³/mol. The van der Waals surface area contributed by atoms with Crippen LogP contribution in [0.5, 0.6) is 0 Å². The van der Waals surface area contributed by atoms with Crippen molar-refractivity contribution in [3.8, 4) is 0 Å². The Hall–Kier alpha value is -0.800. The summed E-state index contributed by atoms with van der Waals surface area (Å²) in [7, 11) is -3.18. The molecule has 0 radical (unpaired) electrons. The Morgan fingerprint density at radius 1 is 1.47 bits per heavy atom. The SMILES string of the molecule is O=C(NCCN1CCCS1(=O)=O)C1CC(F)(F)CN1. The molecule has 0 aromatic rings. The van der Waals surface area contributed by atoms with Crippen LogP contribution in [0.2, 0.25) is 0 Å². The second kappa shape index (κ2) is 5.29. The van der Waals surface area contributed by atoms with Gasteiger partial charge in [-0.3, -0.25) is 10.1 Å². The number of nitrogens with one attached hydrogen (secondary N) is 2. The van der Waals surface area contributed by atoms with Gasteiger partial charge in [-0.05, 0) is 6.42 Å². The molecule has 2 rings (SSSR count). The van der Waals surface area contributed by atoms with Crippen LogP contribution in [0, 0.1) is 0 Å². The van der Waals surface area contributed by atoms with Crippen LogP contribution in [0.1, 0.15) is 12.8 Å². The molecule has 1 atom stereocenters. The van der Waals surface area contributed by atoms with Crippen LogP contribution in [-0.2, 0) is 14.8 Å². The second-order valence-electron chi connectivity index (χ2n) is 4.85. The molecule has 19 heavy (non-hydrogen) atoms. The maximum atomic E-state index is 12.9. The largest absolute Gasteiger partial charge is 0.353 e. The Balaban J connectivity index is 1.73. The molecule has 0 aromatic carbocycles. The van der Waals surface area contributed by atoms with Crippen molar-refractivity contribution >= 4 is 15.9 Å². The van der Waals surface area contributed by atoms with E-state index in [9.17, 15) is 22.0 Å². The summed E-state index contributed by atoms with van der Waals surface area (Å²) in [5.74, 6) is -3.22. The van der Waals surface area contributed by atoms with Crippen molar-refractivity contribution in [2.75, 3.05) is 31.9 Å². The smallest absolute Gasteiger partial charge is 0.262 e. The summed E-state index contributed by atoms with van der Waals surface area (Å²) < 4.78 is 50.1. The molecule has 110 valence electrons. The van der Waals surface area contributed by atoms with E-state index in [1.54, 1.807) is 0 Å². The molecule has 2 fully saturated rings. The summed E-state index contributed by atoms with van der Waals surface area (Å²) in [4.78, 5) is 11.6. The van der Waals surface area contributed by atoms with E-state index in [1.165, 1.54) is 4.31 Å². The van der Waals surface area contributed by atoms with Crippen molar-refractivity contribution in [1.29, 1.82) is 0 Å². The van der Waals surface area contributed by atoms with E-state index in [1.807, 2.05) is 0 Å². The number of carbonyl (C=O) groups excluding carboxylic acids is 1. The number of sulfonamides is 1. The van der Waals surface area contributed by atoms with Gasteiger partial charge in [0.05, 0.1) is 18.3 Å². The van der Waals surface area contributed by atoms with Crippen LogP contribution in [0.25, 0.3) is 0 Å². The van der Waals surface area contributed by atoms with Gasteiger partial charge < -0.3 is 5.32 Å². The van der Waals surface area contributed by atoms with E-state index in [4.69, 9.17) is 0 Å². The van der Waals surface area contributed by atoms with Gasteiger partial charge in [-0.1, -0.05) is 0 Å². The van der Waals surface area contributed by atoms with E-state index >= 15 is 0 Å². The first-order valence-electron chi connectivity index (χ1n) is 6.17. The van der Waals surface area contributed by atoms with Crippen LogP contribution in [0.15, 0.2) is 0 Å². The lowest BCUT2D eigenvalue weighted by molar-refractivity contribution is -0.123. The van der Waals surface area contributed by atoms with Gasteiger partial charge in [-0.15, -0.1) is 0 Å². The molecule has 1 unspecified atom stereocenters. The summed E-state index contributed by atoms with van der Waals surface area (Å²) in [5.41, 5.74) is 0. The lowest BCUT2D eigenvalue weighted by atomic mass is 10.2. The number of hydrogen-bond acceptors (Lipinski definition) is 4. The lowest BCUT2D eigenvalue weighted by Gasteiger charge is -2.16. The zero-order chi connectivity index (χ0) is 14.1. The highest BCUT2D eigenvalue weighted by molar-refractivity contribution is 7.89. The summed E-state index contributed by atoms with van der Waals surface area (Å²) in [6.07, 6.45) is 0.0769. The van der Waals surface area contributed by atoms with Crippen LogP contribution in [0.4, 0.5) is 8.78 Å². The Morgan fingerprint density at radius 2 is 2.21 bits per heavy atom. The van der Waals surface area contributed by atoms with Gasteiger partial charge in [0.25, 0.3) is 5.92 Å². The highest BCUT2D eigenvalue weighted by Crippen LogP contribution is 2.24. The van der Waals surface area contributed by atoms with Crippen molar-refractivity contribution in [2.45, 2.75) is 24.8 Å². The van der Waals surface area contributed by atoms with Gasteiger partial charge in [0, 0.05) is 26.1 Å². The quantitative estimate of drug-likeness (QED) is 0.707. The van der Waals surface area contributed by atoms with Gasteiger partial charge in [-0.2, -0.15) is 0 Å². The maximum absolute atomic E-state index is 12.9. The molecule has 2 heterocycles. The third-order valence-electron chi connectivity index (χ3n) is 3.29. The van der Waals surface area contributed by atoms with E-state index in [0.717, 1.165) is 0 Å². The van der Waals surface area contributed by atoms with Crippen LogP contribution in [0.3, 0.4) is 0 Å². The molecular formula is C10H17F2N3O3S. The standard InChI is InChI=1S/C10H17F2N3O3S/c11-10(12)6-8(14-7-10)9(16)13-2-4-15-3-1-5-19(15,17)18/h8,14H,1-7H2,(H,13,16). The van der Waals surface area contributed by atoms with Crippen molar-refractivity contribution in [3.63, 3.8) is 0 Å². The molecule has 1 amide bonds. The first-order valence-corrected chi connectivity index (χ1v) is 7.78. The highest BCUT2D eigenvalue weighted by atomic mass is 32.2. The molecule has 2 aliphatic rings. The number of alkyl halides is 2. The van der Waals surface area contributed by atoms with Gasteiger partial charge in [0.2, 0.25) is 15.9 Å². The summed E-state index contributed by atoms with van der Waals surface area (Å²) in [6.45, 7) is 0.294. The maximum Gasteiger partial charge on any atom is 0.262 e. The minimum atomic E-state index is -3.18. The normalized spacial score (nSPS) is 29.5. The number of rotatable bonds is 4. The van der Waals surface area contributed by atoms with E-state index < -0.39 is 40.9 Å². The fourth-order valence-electron chi connectivity index (χ4n) is 2.27. The molecule has 0 saturated carbocycles. The molecular weight excluding hydrogens is 280 g/mol. The highest BCUT2D eigenvalue weighted by Gasteiger charge is 2.42. The molecule has 9 heteroatoms. The average Bonchev–Trinajstić information content (AvgIpc) is 2.82. The number of nitrogens with zero attached hydrogens (tertiary/aromatic N) is 1. The minimum absolute atomic E-state index is 0.136. The number of hydrogen-bond donors (Lipinski definition) is 2. The average molecular weight is 297 g/mol. The minimum Gasteiger partial charge on any atom is -0.353 e. The first kappa shape index (κ1) is 14.6. The lowest BCUT2D eigenvalue weighted by Crippen LogP contribution is -2.43. The monoisotopic (exact) mass is 297 g/mol. The van der Waals surface area contributed by atoms with Gasteiger partial charge in [0.15, 0.2) is 0 Å². The Labute approximate surface area is 110 Å². The topological polar surface area (TPSA) is 78.5 Å². The molecule has 2 aliphatic heterocycles. The third kappa shape index (κ3) is 3.61. The van der Waals surface area contributed by atoms with Crippen LogP contribution in [-0.4, -0.2) is 62.5 Å². The summed E-state index contributed by atoms with van der Waals surface area (Å²) in [5, 5.41) is 4.93. The predicted octanol–water partition coefficient (Wildman–Crippen LogP) is -0.865. The number of halogens is 2. The first-order chi connectivity index (χ1) is 8.80. The molecule has 6 nitrogen and oxygen atoms in total. The van der Waals surface area contributed by atoms with Crippen LogP contribution < -0.4 is 10.6 Å². The van der Waals surface area contributed by atoms with Crippen LogP contribution >= 0.6 is 0 Å². The summed E-state index contributed by atoms with van der Waals surface area (Å²) in [6, 6.07) is -0.898. The molecule has 0 spiro atoms. The Bertz CT molecular complexity index is 455. The molecule has 0 aromatic heterocycles. The van der Waals surface area contributed by atoms with Gasteiger partial charge in [0.1, 0.15) is 0 Å². The fourth-order valence-corrected chi connectivity index (χ4v) is 3.80. The molecule has 2 N–H and O–H groups in total.